The first-order valence-electron chi connectivity index (χ1n) is 14.1. The van der Waals surface area contributed by atoms with Gasteiger partial charge < -0.3 is 30.3 Å². The lowest BCUT2D eigenvalue weighted by Crippen LogP contribution is -2.37. The molecule has 1 aromatic heterocycles. The highest BCUT2D eigenvalue weighted by Gasteiger charge is 2.35. The molecule has 13 nitrogen and oxygen atoms in total. The third kappa shape index (κ3) is 7.76. The summed E-state index contributed by atoms with van der Waals surface area (Å²) >= 11 is 0. The standard InChI is InChI=1S/C29H37F2N7O6S/c1-18(17-44-5)32-25-15-21(36(4)11-10-35(2)3)6-7-23(25)28(39)33-27-24-16-37(9-8-26(24)38(34-27)29(40)41)45(42,43)22-13-19(30)12-20(31)14-22/h6-7,12-15,18,32H,8-11,16-17H2,1-5H3,(H,40,41)(H,33,34,39)/t18-/m0/s1. The molecule has 45 heavy (non-hydrogen) atoms. The summed E-state index contributed by atoms with van der Waals surface area (Å²) in [5.41, 5.74) is 1.93. The van der Waals surface area contributed by atoms with Gasteiger partial charge in [0.15, 0.2) is 5.82 Å². The number of aromatic nitrogens is 2. The zero-order valence-corrected chi connectivity index (χ0v) is 26.5. The van der Waals surface area contributed by atoms with E-state index in [1.165, 1.54) is 0 Å². The molecule has 1 amide bonds. The Morgan fingerprint density at radius 3 is 2.42 bits per heavy atom. The molecule has 0 saturated carbocycles. The SMILES string of the molecule is COC[C@H](C)Nc1cc(N(C)CCN(C)C)ccc1C(=O)Nc1nn(C(=O)O)c2c1CN(S(=O)(=O)c1cc(F)cc(F)c1)CC2. The number of nitrogens with zero attached hydrogens (tertiary/aromatic N) is 5. The molecule has 4 rings (SSSR count). The normalized spacial score (nSPS) is 14.2. The number of sulfonamides is 1. The van der Waals surface area contributed by atoms with E-state index in [0.29, 0.717) is 35.2 Å². The summed E-state index contributed by atoms with van der Waals surface area (Å²) in [6.07, 6.45) is -1.49. The average molecular weight is 650 g/mol. The summed E-state index contributed by atoms with van der Waals surface area (Å²) in [6, 6.07) is 7.05. The molecule has 0 spiro atoms. The number of halogens is 2. The van der Waals surface area contributed by atoms with Crippen LogP contribution < -0.4 is 15.5 Å². The van der Waals surface area contributed by atoms with Crippen molar-refractivity contribution in [3.8, 4) is 0 Å². The minimum atomic E-state index is -4.38. The van der Waals surface area contributed by atoms with Crippen molar-refractivity contribution in [2.45, 2.75) is 30.8 Å². The fraction of sp³-hybridized carbons (Fsp3) is 0.414. The number of anilines is 3. The zero-order chi connectivity index (χ0) is 33.1. The fourth-order valence-corrected chi connectivity index (χ4v) is 6.43. The first-order chi connectivity index (χ1) is 21.2. The average Bonchev–Trinajstić information content (AvgIpc) is 3.33. The lowest BCUT2D eigenvalue weighted by Gasteiger charge is -2.27. The van der Waals surface area contributed by atoms with Gasteiger partial charge in [-0.1, -0.05) is 0 Å². The number of hydrogen-bond donors (Lipinski definition) is 3. The minimum Gasteiger partial charge on any atom is -0.463 e. The van der Waals surface area contributed by atoms with Gasteiger partial charge in [-0.2, -0.15) is 8.99 Å². The molecular formula is C29H37F2N7O6S. The first kappa shape index (κ1) is 33.8. The molecule has 1 atom stereocenters. The summed E-state index contributed by atoms with van der Waals surface area (Å²) in [4.78, 5) is 29.2. The molecular weight excluding hydrogens is 612 g/mol. The van der Waals surface area contributed by atoms with Gasteiger partial charge in [0.05, 0.1) is 22.8 Å². The van der Waals surface area contributed by atoms with Crippen molar-refractivity contribution in [1.82, 2.24) is 19.0 Å². The number of hydrogen-bond acceptors (Lipinski definition) is 9. The van der Waals surface area contributed by atoms with Crippen LogP contribution in [0.5, 0.6) is 0 Å². The van der Waals surface area contributed by atoms with Crippen LogP contribution in [0, 0.1) is 11.6 Å². The van der Waals surface area contributed by atoms with E-state index in [4.69, 9.17) is 4.74 Å². The van der Waals surface area contributed by atoms with E-state index >= 15 is 0 Å². The summed E-state index contributed by atoms with van der Waals surface area (Å²) in [5.74, 6) is -2.88. The van der Waals surface area contributed by atoms with Gasteiger partial charge in [-0.3, -0.25) is 4.79 Å². The number of likely N-dealkylation sites (N-methyl/N-ethyl adjacent to an activating group) is 2. The number of nitrogens with one attached hydrogen (secondary N) is 2. The molecule has 1 aliphatic rings. The van der Waals surface area contributed by atoms with E-state index in [0.717, 1.165) is 23.1 Å². The van der Waals surface area contributed by atoms with Crippen molar-refractivity contribution in [2.24, 2.45) is 0 Å². The van der Waals surface area contributed by atoms with Crippen molar-refractivity contribution in [1.29, 1.82) is 0 Å². The van der Waals surface area contributed by atoms with Crippen molar-refractivity contribution in [3.63, 3.8) is 0 Å². The molecule has 3 N–H and O–H groups in total. The van der Waals surface area contributed by atoms with Gasteiger partial charge in [-0.05, 0) is 51.4 Å². The minimum absolute atomic E-state index is 0.0726. The van der Waals surface area contributed by atoms with Crippen LogP contribution in [0.25, 0.3) is 0 Å². The van der Waals surface area contributed by atoms with Crippen LogP contribution in [0.15, 0.2) is 41.3 Å². The number of amides is 1. The van der Waals surface area contributed by atoms with Crippen LogP contribution in [-0.2, 0) is 27.7 Å². The Hall–Kier alpha value is -4.12. The van der Waals surface area contributed by atoms with Crippen LogP contribution in [0.2, 0.25) is 0 Å². The maximum Gasteiger partial charge on any atom is 0.432 e. The highest BCUT2D eigenvalue weighted by atomic mass is 32.2. The Bertz CT molecular complexity index is 1660. The van der Waals surface area contributed by atoms with Gasteiger partial charge in [0.25, 0.3) is 5.91 Å². The quantitative estimate of drug-likeness (QED) is 0.267. The van der Waals surface area contributed by atoms with Gasteiger partial charge in [0.1, 0.15) is 11.6 Å². The highest BCUT2D eigenvalue weighted by molar-refractivity contribution is 7.89. The molecule has 16 heteroatoms. The van der Waals surface area contributed by atoms with E-state index in [-0.39, 0.29) is 48.2 Å². The number of carbonyl (C=O) groups excluding carboxylic acids is 1. The van der Waals surface area contributed by atoms with Crippen LogP contribution in [-0.4, -0.2) is 105 Å². The number of fused-ring (bicyclic) bond motifs is 1. The maximum absolute atomic E-state index is 13.9. The predicted octanol–water partition coefficient (Wildman–Crippen LogP) is 3.13. The van der Waals surface area contributed by atoms with Crippen molar-refractivity contribution in [3.05, 3.63) is 64.9 Å². The highest BCUT2D eigenvalue weighted by Crippen LogP contribution is 2.32. The molecule has 0 saturated heterocycles. The van der Waals surface area contributed by atoms with E-state index in [1.807, 2.05) is 39.0 Å². The maximum atomic E-state index is 13.9. The Balaban J connectivity index is 1.67. The van der Waals surface area contributed by atoms with Crippen LogP contribution >= 0.6 is 0 Å². The van der Waals surface area contributed by atoms with Gasteiger partial charge in [0, 0.05) is 75.8 Å². The van der Waals surface area contributed by atoms with E-state index < -0.39 is 38.6 Å². The second kappa shape index (κ2) is 13.9. The summed E-state index contributed by atoms with van der Waals surface area (Å²) in [5, 5.41) is 19.8. The summed E-state index contributed by atoms with van der Waals surface area (Å²) in [7, 11) is 3.06. The summed E-state index contributed by atoms with van der Waals surface area (Å²) in [6.45, 7) is 3.22. The molecule has 0 bridgehead atoms. The Morgan fingerprint density at radius 2 is 1.80 bits per heavy atom. The zero-order valence-electron chi connectivity index (χ0n) is 25.7. The number of ether oxygens (including phenoxy) is 1. The second-order valence-electron chi connectivity index (χ2n) is 11.1. The topological polar surface area (TPSA) is 149 Å². The van der Waals surface area contributed by atoms with Gasteiger partial charge in [0.2, 0.25) is 10.0 Å². The molecule has 0 fully saturated rings. The number of carboxylic acid groups (broad SMARTS) is 1. The Morgan fingerprint density at radius 1 is 1.11 bits per heavy atom. The van der Waals surface area contributed by atoms with Crippen molar-refractivity contribution < 1.29 is 36.6 Å². The molecule has 0 aliphatic carbocycles. The van der Waals surface area contributed by atoms with Gasteiger partial charge in [-0.25, -0.2) is 22.0 Å². The van der Waals surface area contributed by atoms with Gasteiger partial charge in [-0.15, -0.1) is 5.10 Å². The number of rotatable bonds is 12. The predicted molar refractivity (Wildman–Crippen MR) is 164 cm³/mol. The summed E-state index contributed by atoms with van der Waals surface area (Å²) < 4.78 is 61.2. The third-order valence-corrected chi connectivity index (χ3v) is 9.12. The molecule has 0 radical (unpaired) electrons. The molecule has 0 unspecified atom stereocenters. The monoisotopic (exact) mass is 649 g/mol. The van der Waals surface area contributed by atoms with Crippen LogP contribution in [0.1, 0.15) is 28.5 Å². The van der Waals surface area contributed by atoms with Crippen molar-refractivity contribution >= 4 is 39.2 Å². The van der Waals surface area contributed by atoms with Crippen molar-refractivity contribution in [2.75, 3.05) is 70.0 Å². The molecule has 244 valence electrons. The lowest BCUT2D eigenvalue weighted by atomic mass is 10.1. The molecule has 2 aromatic carbocycles. The number of methoxy groups -OCH3 is 1. The van der Waals surface area contributed by atoms with Crippen LogP contribution in [0.3, 0.4) is 0 Å². The Kier molecular flexibility index (Phi) is 10.4. The fourth-order valence-electron chi connectivity index (χ4n) is 4.98. The molecule has 2 heterocycles. The van der Waals surface area contributed by atoms with E-state index in [1.54, 1.807) is 19.2 Å². The van der Waals surface area contributed by atoms with E-state index in [2.05, 4.69) is 20.6 Å². The van der Waals surface area contributed by atoms with Gasteiger partial charge >= 0.3 is 6.09 Å². The van der Waals surface area contributed by atoms with Crippen LogP contribution in [0.4, 0.5) is 30.8 Å². The molecule has 3 aromatic rings. The Labute approximate surface area is 260 Å². The lowest BCUT2D eigenvalue weighted by molar-refractivity contribution is 0.102. The van der Waals surface area contributed by atoms with E-state index in [9.17, 15) is 31.9 Å². The third-order valence-electron chi connectivity index (χ3n) is 7.30. The largest absolute Gasteiger partial charge is 0.463 e. The second-order valence-corrected chi connectivity index (χ2v) is 13.0. The molecule has 1 aliphatic heterocycles. The smallest absolute Gasteiger partial charge is 0.432 e. The first-order valence-corrected chi connectivity index (χ1v) is 15.5. The number of benzene rings is 2. The number of carbonyl (C=O) groups is 2.